The van der Waals surface area contributed by atoms with Gasteiger partial charge in [-0.05, 0) is 0 Å². The van der Waals surface area contributed by atoms with Crippen LogP contribution in [-0.4, -0.2) is 46.1 Å². The van der Waals surface area contributed by atoms with E-state index in [2.05, 4.69) is 24.3 Å². The summed E-state index contributed by atoms with van der Waals surface area (Å²) in [5, 5.41) is 0. The van der Waals surface area contributed by atoms with Crippen molar-refractivity contribution in [2.24, 2.45) is 0 Å². The molecule has 0 heterocycles. The van der Waals surface area contributed by atoms with E-state index >= 15 is 0 Å². The maximum atomic E-state index is 2.99. The first kappa shape index (κ1) is 15.0. The van der Waals surface area contributed by atoms with E-state index in [1.807, 2.05) is 24.3 Å². The summed E-state index contributed by atoms with van der Waals surface area (Å²) in [6.45, 7) is 0. The van der Waals surface area contributed by atoms with Gasteiger partial charge in [0.25, 0.3) is 0 Å². The predicted octanol–water partition coefficient (Wildman–Crippen LogP) is 2.07. The minimum absolute atomic E-state index is 0. The van der Waals surface area contributed by atoms with Crippen molar-refractivity contribution in [1.29, 1.82) is 0 Å². The number of rotatable bonds is 0. The van der Waals surface area contributed by atoms with Gasteiger partial charge in [-0.25, -0.2) is 24.3 Å². The summed E-state index contributed by atoms with van der Waals surface area (Å²) >= 11 is 0. The molecule has 0 bridgehead atoms. The van der Waals surface area contributed by atoms with E-state index in [4.69, 9.17) is 0 Å². The van der Waals surface area contributed by atoms with Gasteiger partial charge in [-0.3, -0.25) is 12.2 Å². The Labute approximate surface area is 110 Å². The van der Waals surface area contributed by atoms with E-state index in [0.717, 1.165) is 12.8 Å². The molecule has 12 heavy (non-hydrogen) atoms. The van der Waals surface area contributed by atoms with E-state index in [-0.39, 0.29) is 49.0 Å². The van der Waals surface area contributed by atoms with Crippen LogP contribution in [0.1, 0.15) is 15.7 Å². The molecule has 2 aliphatic rings. The van der Waals surface area contributed by atoms with E-state index in [1.165, 1.54) is 0 Å². The fraction of sp³-hybridized carbons (Fsp3) is 0.200. The largest absolute Gasteiger partial charge is 2.00 e. The van der Waals surface area contributed by atoms with Gasteiger partial charge in [-0.1, -0.05) is 0 Å². The standard InChI is InChI=1S/2C5H5.2Mg.2H/c2*1-2-4-5-3-1;;;;/h2*1-3H,4H2;;;;/q2*-1;2*+2;2*-1. The number of hydrogen-bond donors (Lipinski definition) is 0. The fourth-order valence-electron chi connectivity index (χ4n) is 0.680. The molecule has 0 spiro atoms. The third-order valence-electron chi connectivity index (χ3n) is 1.17. The summed E-state index contributed by atoms with van der Waals surface area (Å²) in [6.07, 6.45) is 20.0. The summed E-state index contributed by atoms with van der Waals surface area (Å²) in [5.74, 6) is 0. The van der Waals surface area contributed by atoms with Gasteiger partial charge in [-0.15, -0.1) is 12.8 Å². The molecule has 0 atom stereocenters. The van der Waals surface area contributed by atoms with Crippen LogP contribution >= 0.6 is 0 Å². The third kappa shape index (κ3) is 8.59. The second-order valence-electron chi connectivity index (χ2n) is 2.01. The Morgan fingerprint density at radius 2 is 1.25 bits per heavy atom. The minimum atomic E-state index is 0. The van der Waals surface area contributed by atoms with Crippen LogP contribution in [0.4, 0.5) is 0 Å². The summed E-state index contributed by atoms with van der Waals surface area (Å²) in [5.41, 5.74) is 0. The van der Waals surface area contributed by atoms with Crippen LogP contribution in [0, 0.1) is 12.2 Å². The van der Waals surface area contributed by atoms with Crippen LogP contribution in [0.5, 0.6) is 0 Å². The van der Waals surface area contributed by atoms with Crippen LogP contribution < -0.4 is 0 Å². The van der Waals surface area contributed by atoms with Crippen LogP contribution in [0.2, 0.25) is 0 Å². The maximum absolute atomic E-state index is 2.99. The molecular formula is C10H12Mg2. The van der Waals surface area contributed by atoms with Gasteiger partial charge in [-0.2, -0.15) is 12.2 Å². The molecule has 0 aromatic carbocycles. The Morgan fingerprint density at radius 3 is 1.33 bits per heavy atom. The summed E-state index contributed by atoms with van der Waals surface area (Å²) in [7, 11) is 0. The average Bonchev–Trinajstić information content (AvgIpc) is 2.67. The molecule has 0 aliphatic heterocycles. The smallest absolute Gasteiger partial charge is 1.00 e. The zero-order valence-corrected chi connectivity index (χ0v) is 10.1. The third-order valence-corrected chi connectivity index (χ3v) is 1.17. The van der Waals surface area contributed by atoms with Crippen molar-refractivity contribution < 1.29 is 2.85 Å². The average molecular weight is 181 g/mol. The van der Waals surface area contributed by atoms with E-state index < -0.39 is 0 Å². The first-order chi connectivity index (χ1) is 5.00. The number of hydrogen-bond acceptors (Lipinski definition) is 0. The van der Waals surface area contributed by atoms with Gasteiger partial charge in [0.1, 0.15) is 0 Å². The SMILES string of the molecule is [C-]1=CC=CC1.[C-]1=CC=CC1.[H-].[H-].[Mg+2].[Mg+2]. The minimum Gasteiger partial charge on any atom is -1.00 e. The Hall–Kier alpha value is 0.492. The molecular weight excluding hydrogens is 169 g/mol. The van der Waals surface area contributed by atoms with Crippen molar-refractivity contribution in [2.45, 2.75) is 12.8 Å². The van der Waals surface area contributed by atoms with E-state index in [9.17, 15) is 0 Å². The quantitative estimate of drug-likeness (QED) is 0.396. The topological polar surface area (TPSA) is 0 Å². The molecule has 0 aromatic heterocycles. The first-order valence-electron chi connectivity index (χ1n) is 3.43. The first-order valence-corrected chi connectivity index (χ1v) is 3.43. The summed E-state index contributed by atoms with van der Waals surface area (Å²) in [6, 6.07) is 0. The van der Waals surface area contributed by atoms with E-state index in [1.54, 1.807) is 0 Å². The molecule has 2 aliphatic carbocycles. The van der Waals surface area contributed by atoms with Crippen LogP contribution in [0.15, 0.2) is 36.5 Å². The van der Waals surface area contributed by atoms with Crippen LogP contribution in [0.25, 0.3) is 0 Å². The second kappa shape index (κ2) is 11.5. The zero-order valence-electron chi connectivity index (χ0n) is 9.29. The van der Waals surface area contributed by atoms with Crippen LogP contribution in [-0.2, 0) is 0 Å². The Bertz CT molecular complexity index is 154. The van der Waals surface area contributed by atoms with Gasteiger partial charge >= 0.3 is 46.1 Å². The van der Waals surface area contributed by atoms with Gasteiger partial charge in [0.2, 0.25) is 0 Å². The summed E-state index contributed by atoms with van der Waals surface area (Å²) < 4.78 is 0. The molecule has 0 unspecified atom stereocenters. The molecule has 0 fully saturated rings. The molecule has 0 nitrogen and oxygen atoms in total. The Morgan fingerprint density at radius 1 is 0.833 bits per heavy atom. The van der Waals surface area contributed by atoms with Gasteiger partial charge in [0, 0.05) is 0 Å². The van der Waals surface area contributed by atoms with Crippen LogP contribution in [0.3, 0.4) is 0 Å². The Kier molecular flexibility index (Phi) is 14.4. The van der Waals surface area contributed by atoms with E-state index in [0.29, 0.717) is 0 Å². The van der Waals surface area contributed by atoms with Crippen molar-refractivity contribution in [3.8, 4) is 0 Å². The normalized spacial score (nSPS) is 14.7. The molecule has 2 rings (SSSR count). The van der Waals surface area contributed by atoms with Gasteiger partial charge in [0.15, 0.2) is 0 Å². The monoisotopic (exact) mass is 180 g/mol. The summed E-state index contributed by atoms with van der Waals surface area (Å²) in [4.78, 5) is 0. The molecule has 2 heteroatoms. The van der Waals surface area contributed by atoms with Crippen molar-refractivity contribution in [2.75, 3.05) is 0 Å². The van der Waals surface area contributed by atoms with Crippen molar-refractivity contribution in [1.82, 2.24) is 0 Å². The van der Waals surface area contributed by atoms with Crippen molar-refractivity contribution in [3.05, 3.63) is 48.6 Å². The van der Waals surface area contributed by atoms with Gasteiger partial charge in [0.05, 0.1) is 0 Å². The molecule has 0 N–H and O–H groups in total. The second-order valence-corrected chi connectivity index (χ2v) is 2.01. The molecule has 0 amide bonds. The van der Waals surface area contributed by atoms with Crippen molar-refractivity contribution >= 4 is 46.1 Å². The molecule has 0 radical (unpaired) electrons. The zero-order chi connectivity index (χ0) is 7.07. The maximum Gasteiger partial charge on any atom is 2.00 e. The number of allylic oxidation sites excluding steroid dienone is 8. The Balaban J connectivity index is -0.0000000556. The predicted molar refractivity (Wildman–Crippen MR) is 56.9 cm³/mol. The van der Waals surface area contributed by atoms with Gasteiger partial charge < -0.3 is 2.85 Å². The van der Waals surface area contributed by atoms with Crippen molar-refractivity contribution in [3.63, 3.8) is 0 Å². The molecule has 0 saturated carbocycles. The fourth-order valence-corrected chi connectivity index (χ4v) is 0.680. The molecule has 0 aromatic rings. The molecule has 56 valence electrons. The molecule has 0 saturated heterocycles.